The van der Waals surface area contributed by atoms with E-state index in [9.17, 15) is 15.2 Å². The van der Waals surface area contributed by atoms with Crippen LogP contribution in [0, 0.1) is 24.0 Å². The number of aromatic nitrogens is 2. The van der Waals surface area contributed by atoms with Crippen LogP contribution in [0.3, 0.4) is 0 Å². The summed E-state index contributed by atoms with van der Waals surface area (Å²) < 4.78 is 1.78. The van der Waals surface area contributed by atoms with Gasteiger partial charge in [0.05, 0.1) is 16.7 Å². The maximum Gasteiger partial charge on any atom is 0.296 e. The minimum atomic E-state index is -0.523. The van der Waals surface area contributed by atoms with Gasteiger partial charge in [-0.25, -0.2) is 0 Å². The number of aryl methyl sites for hydroxylation is 2. The number of phenols is 1. The first-order valence-electron chi connectivity index (χ1n) is 6.10. The van der Waals surface area contributed by atoms with Crippen LogP contribution < -0.4 is 5.32 Å². The molecule has 1 aromatic carbocycles. The molecule has 0 spiro atoms. The first kappa shape index (κ1) is 13.9. The molecule has 0 aliphatic heterocycles. The van der Waals surface area contributed by atoms with E-state index in [0.717, 1.165) is 23.0 Å². The molecule has 0 radical (unpaired) electrons. The van der Waals surface area contributed by atoms with Crippen molar-refractivity contribution in [1.82, 2.24) is 9.78 Å². The fraction of sp³-hybridized carbons (Fsp3) is 0.308. The van der Waals surface area contributed by atoms with E-state index in [1.54, 1.807) is 4.68 Å². The zero-order valence-corrected chi connectivity index (χ0v) is 11.5. The predicted octanol–water partition coefficient (Wildman–Crippen LogP) is 2.26. The van der Waals surface area contributed by atoms with Gasteiger partial charge in [0, 0.05) is 24.8 Å². The standard InChI is InChI=1S/C13H16N4O3/c1-8-11(9(2)16(3)15-8)7-14-12-5-4-10(18)6-13(12)17(19)20/h4-6,14,18H,7H2,1-3H3. The number of phenolic OH excluding ortho intramolecular Hbond substituents is 1. The van der Waals surface area contributed by atoms with Crippen molar-refractivity contribution in [2.24, 2.45) is 7.05 Å². The van der Waals surface area contributed by atoms with Crippen LogP contribution in [0.1, 0.15) is 17.0 Å². The van der Waals surface area contributed by atoms with E-state index in [1.165, 1.54) is 12.1 Å². The fourth-order valence-corrected chi connectivity index (χ4v) is 2.08. The molecule has 2 aromatic rings. The molecule has 106 valence electrons. The summed E-state index contributed by atoms with van der Waals surface area (Å²) in [5, 5.41) is 27.6. The number of nitrogens with zero attached hydrogens (tertiary/aromatic N) is 3. The summed E-state index contributed by atoms with van der Waals surface area (Å²) in [4.78, 5) is 10.4. The Balaban J connectivity index is 2.25. The van der Waals surface area contributed by atoms with Crippen molar-refractivity contribution in [2.75, 3.05) is 5.32 Å². The van der Waals surface area contributed by atoms with E-state index < -0.39 is 4.92 Å². The normalized spacial score (nSPS) is 10.6. The lowest BCUT2D eigenvalue weighted by Gasteiger charge is -2.08. The van der Waals surface area contributed by atoms with Crippen LogP contribution in [0.4, 0.5) is 11.4 Å². The second-order valence-electron chi connectivity index (χ2n) is 4.59. The van der Waals surface area contributed by atoms with Crippen LogP contribution in [0.15, 0.2) is 18.2 Å². The number of anilines is 1. The van der Waals surface area contributed by atoms with Crippen LogP contribution in [0.2, 0.25) is 0 Å². The van der Waals surface area contributed by atoms with E-state index in [2.05, 4.69) is 10.4 Å². The first-order valence-corrected chi connectivity index (χ1v) is 6.10. The SMILES string of the molecule is Cc1nn(C)c(C)c1CNc1ccc(O)cc1[N+](=O)[O-]. The molecule has 7 nitrogen and oxygen atoms in total. The van der Waals surface area contributed by atoms with Crippen molar-refractivity contribution in [3.05, 3.63) is 45.3 Å². The number of nitrogens with one attached hydrogen (secondary N) is 1. The molecule has 0 saturated heterocycles. The van der Waals surface area contributed by atoms with Gasteiger partial charge in [-0.05, 0) is 26.0 Å². The highest BCUT2D eigenvalue weighted by molar-refractivity contribution is 5.63. The van der Waals surface area contributed by atoms with E-state index in [0.29, 0.717) is 12.2 Å². The summed E-state index contributed by atoms with van der Waals surface area (Å²) in [7, 11) is 1.86. The van der Waals surface area contributed by atoms with Crippen molar-refractivity contribution in [2.45, 2.75) is 20.4 Å². The zero-order valence-electron chi connectivity index (χ0n) is 11.5. The first-order chi connectivity index (χ1) is 9.40. The van der Waals surface area contributed by atoms with E-state index in [1.807, 2.05) is 20.9 Å². The molecule has 1 heterocycles. The summed E-state index contributed by atoms with van der Waals surface area (Å²) in [5.74, 6) is -0.129. The van der Waals surface area contributed by atoms with Crippen molar-refractivity contribution >= 4 is 11.4 Å². The second-order valence-corrected chi connectivity index (χ2v) is 4.59. The number of aromatic hydroxyl groups is 1. The minimum absolute atomic E-state index is 0.129. The number of nitro benzene ring substituents is 1. The smallest absolute Gasteiger partial charge is 0.296 e. The second kappa shape index (κ2) is 5.20. The quantitative estimate of drug-likeness (QED) is 0.507. The van der Waals surface area contributed by atoms with Gasteiger partial charge in [0.25, 0.3) is 5.69 Å². The summed E-state index contributed by atoms with van der Waals surface area (Å²) in [6.07, 6.45) is 0. The highest BCUT2D eigenvalue weighted by Gasteiger charge is 2.16. The Kier molecular flexibility index (Phi) is 3.60. The Hall–Kier alpha value is -2.57. The summed E-state index contributed by atoms with van der Waals surface area (Å²) in [5.41, 5.74) is 3.13. The van der Waals surface area contributed by atoms with E-state index in [4.69, 9.17) is 0 Å². The monoisotopic (exact) mass is 276 g/mol. The maximum atomic E-state index is 11.0. The van der Waals surface area contributed by atoms with E-state index in [-0.39, 0.29) is 11.4 Å². The largest absolute Gasteiger partial charge is 0.508 e. The Morgan fingerprint density at radius 2 is 2.15 bits per heavy atom. The van der Waals surface area contributed by atoms with Crippen molar-refractivity contribution in [3.63, 3.8) is 0 Å². The molecule has 1 aromatic heterocycles. The number of hydrogen-bond donors (Lipinski definition) is 2. The molecule has 0 fully saturated rings. The van der Waals surface area contributed by atoms with Gasteiger partial charge in [-0.15, -0.1) is 0 Å². The number of rotatable bonds is 4. The Morgan fingerprint density at radius 1 is 1.45 bits per heavy atom. The predicted molar refractivity (Wildman–Crippen MR) is 74.8 cm³/mol. The lowest BCUT2D eigenvalue weighted by molar-refractivity contribution is -0.384. The van der Waals surface area contributed by atoms with E-state index >= 15 is 0 Å². The molecule has 7 heteroatoms. The number of nitro groups is 1. The third-order valence-electron chi connectivity index (χ3n) is 3.29. The highest BCUT2D eigenvalue weighted by atomic mass is 16.6. The molecule has 0 saturated carbocycles. The molecule has 0 bridgehead atoms. The highest BCUT2D eigenvalue weighted by Crippen LogP contribution is 2.29. The molecular weight excluding hydrogens is 260 g/mol. The maximum absolute atomic E-state index is 11.0. The lowest BCUT2D eigenvalue weighted by atomic mass is 10.2. The van der Waals surface area contributed by atoms with Crippen LogP contribution in [0.25, 0.3) is 0 Å². The third kappa shape index (κ3) is 2.56. The summed E-state index contributed by atoms with van der Waals surface area (Å²) >= 11 is 0. The third-order valence-corrected chi connectivity index (χ3v) is 3.29. The van der Waals surface area contributed by atoms with Crippen LogP contribution >= 0.6 is 0 Å². The van der Waals surface area contributed by atoms with Gasteiger partial charge in [0.15, 0.2) is 0 Å². The average molecular weight is 276 g/mol. The van der Waals surface area contributed by atoms with Crippen LogP contribution in [-0.2, 0) is 13.6 Å². The van der Waals surface area contributed by atoms with Crippen molar-refractivity contribution in [1.29, 1.82) is 0 Å². The molecule has 20 heavy (non-hydrogen) atoms. The van der Waals surface area contributed by atoms with Gasteiger partial charge in [0.1, 0.15) is 11.4 Å². The molecule has 2 N–H and O–H groups in total. The topological polar surface area (TPSA) is 93.2 Å². The van der Waals surface area contributed by atoms with Crippen LogP contribution in [0.5, 0.6) is 5.75 Å². The van der Waals surface area contributed by atoms with Gasteiger partial charge in [0.2, 0.25) is 0 Å². The molecular formula is C13H16N4O3. The number of benzene rings is 1. The fourth-order valence-electron chi connectivity index (χ4n) is 2.08. The Morgan fingerprint density at radius 3 is 2.70 bits per heavy atom. The van der Waals surface area contributed by atoms with Crippen molar-refractivity contribution in [3.8, 4) is 5.75 Å². The Bertz CT molecular complexity index is 664. The molecule has 2 rings (SSSR count). The molecule has 0 unspecified atom stereocenters. The summed E-state index contributed by atoms with van der Waals surface area (Å²) in [6.45, 7) is 4.29. The number of hydrogen-bond acceptors (Lipinski definition) is 5. The van der Waals surface area contributed by atoms with Gasteiger partial charge >= 0.3 is 0 Å². The average Bonchev–Trinajstić information content (AvgIpc) is 2.62. The van der Waals surface area contributed by atoms with Gasteiger partial charge < -0.3 is 10.4 Å². The van der Waals surface area contributed by atoms with Gasteiger partial charge in [-0.3, -0.25) is 14.8 Å². The van der Waals surface area contributed by atoms with Gasteiger partial charge in [-0.1, -0.05) is 0 Å². The van der Waals surface area contributed by atoms with Gasteiger partial charge in [-0.2, -0.15) is 5.10 Å². The summed E-state index contributed by atoms with van der Waals surface area (Å²) in [6, 6.07) is 4.04. The molecule has 0 aliphatic carbocycles. The minimum Gasteiger partial charge on any atom is -0.508 e. The van der Waals surface area contributed by atoms with Crippen molar-refractivity contribution < 1.29 is 10.0 Å². The molecule has 0 atom stereocenters. The molecule has 0 aliphatic rings. The zero-order chi connectivity index (χ0) is 14.9. The van der Waals surface area contributed by atoms with Crippen LogP contribution in [-0.4, -0.2) is 19.8 Å². The molecule has 0 amide bonds. The Labute approximate surface area is 116 Å². The lowest BCUT2D eigenvalue weighted by Crippen LogP contribution is -2.04.